The molecule has 27 heavy (non-hydrogen) atoms. The summed E-state index contributed by atoms with van der Waals surface area (Å²) in [5, 5.41) is 13.0. The summed E-state index contributed by atoms with van der Waals surface area (Å²) in [5.74, 6) is 2.13. The molecule has 1 aliphatic rings. The number of carbonyl (C=O) groups excluding carboxylic acids is 1. The summed E-state index contributed by atoms with van der Waals surface area (Å²) in [6.07, 6.45) is 11.1. The number of carbonyl (C=O) groups is 1. The summed E-state index contributed by atoms with van der Waals surface area (Å²) in [5.41, 5.74) is 1.06. The molecular weight excluding hydrogens is 344 g/mol. The fourth-order valence-corrected chi connectivity index (χ4v) is 3.62. The average Bonchev–Trinajstić information content (AvgIpc) is 3.39. The minimum absolute atomic E-state index is 0.101. The Kier molecular flexibility index (Phi) is 4.74. The van der Waals surface area contributed by atoms with Crippen LogP contribution < -0.4 is 0 Å². The summed E-state index contributed by atoms with van der Waals surface area (Å²) in [6.45, 7) is 4.36. The molecule has 0 bridgehead atoms. The molecule has 9 nitrogen and oxygen atoms in total. The van der Waals surface area contributed by atoms with Crippen LogP contribution in [0.1, 0.15) is 36.0 Å². The quantitative estimate of drug-likeness (QED) is 0.670. The van der Waals surface area contributed by atoms with Crippen LogP contribution in [0.2, 0.25) is 0 Å². The maximum absolute atomic E-state index is 12.7. The zero-order valence-corrected chi connectivity index (χ0v) is 15.7. The van der Waals surface area contributed by atoms with Gasteiger partial charge in [0.1, 0.15) is 12.4 Å². The SMILES string of the molecule is Cc1cnn(CC(=O)N2CCC[C@H](c3nnc(Cn4ccnc4)n3C)C2)c1. The van der Waals surface area contributed by atoms with E-state index >= 15 is 0 Å². The van der Waals surface area contributed by atoms with Crippen LogP contribution in [0.5, 0.6) is 0 Å². The molecule has 1 amide bonds. The first kappa shape index (κ1) is 17.4. The van der Waals surface area contributed by atoms with Crippen molar-refractivity contribution < 1.29 is 4.79 Å². The monoisotopic (exact) mass is 368 g/mol. The number of hydrogen-bond acceptors (Lipinski definition) is 5. The van der Waals surface area contributed by atoms with Gasteiger partial charge in [-0.3, -0.25) is 9.48 Å². The second-order valence-electron chi connectivity index (χ2n) is 7.16. The lowest BCUT2D eigenvalue weighted by atomic mass is 9.97. The highest BCUT2D eigenvalue weighted by Gasteiger charge is 2.28. The van der Waals surface area contributed by atoms with Crippen LogP contribution in [0.25, 0.3) is 0 Å². The molecule has 1 aliphatic heterocycles. The molecule has 142 valence electrons. The first-order valence-corrected chi connectivity index (χ1v) is 9.21. The fourth-order valence-electron chi connectivity index (χ4n) is 3.62. The number of aromatic nitrogens is 7. The van der Waals surface area contributed by atoms with Gasteiger partial charge < -0.3 is 14.0 Å². The first-order chi connectivity index (χ1) is 13.1. The molecule has 1 fully saturated rings. The van der Waals surface area contributed by atoms with Gasteiger partial charge in [0.05, 0.1) is 19.1 Å². The lowest BCUT2D eigenvalue weighted by Crippen LogP contribution is -2.41. The normalized spacial score (nSPS) is 17.4. The standard InChI is InChI=1S/C18H24N8O/c1-14-8-20-26(9-14)12-17(27)25-6-3-4-15(10-25)18-22-21-16(23(18)2)11-24-7-5-19-13-24/h5,7-9,13,15H,3-4,6,10-12H2,1-2H3/t15-/m0/s1. The number of likely N-dealkylation sites (tertiary alicyclic amines) is 1. The van der Waals surface area contributed by atoms with Gasteiger partial charge in [0.2, 0.25) is 5.91 Å². The van der Waals surface area contributed by atoms with Crippen molar-refractivity contribution in [1.29, 1.82) is 0 Å². The van der Waals surface area contributed by atoms with Gasteiger partial charge in [-0.2, -0.15) is 5.10 Å². The average molecular weight is 368 g/mol. The largest absolute Gasteiger partial charge is 0.340 e. The van der Waals surface area contributed by atoms with E-state index in [0.29, 0.717) is 13.1 Å². The topological polar surface area (TPSA) is 86.7 Å². The third kappa shape index (κ3) is 3.76. The van der Waals surface area contributed by atoms with Crippen molar-refractivity contribution in [2.75, 3.05) is 13.1 Å². The van der Waals surface area contributed by atoms with E-state index in [4.69, 9.17) is 0 Å². The Hall–Kier alpha value is -2.97. The molecule has 0 spiro atoms. The zero-order chi connectivity index (χ0) is 18.8. The Bertz CT molecular complexity index is 910. The van der Waals surface area contributed by atoms with Gasteiger partial charge in [-0.1, -0.05) is 0 Å². The van der Waals surface area contributed by atoms with Crippen molar-refractivity contribution in [3.63, 3.8) is 0 Å². The first-order valence-electron chi connectivity index (χ1n) is 9.21. The number of amides is 1. The van der Waals surface area contributed by atoms with Gasteiger partial charge in [0, 0.05) is 44.6 Å². The highest BCUT2D eigenvalue weighted by atomic mass is 16.2. The Balaban J connectivity index is 1.43. The predicted molar refractivity (Wildman–Crippen MR) is 97.9 cm³/mol. The van der Waals surface area contributed by atoms with Crippen LogP contribution in [0.4, 0.5) is 0 Å². The lowest BCUT2D eigenvalue weighted by molar-refractivity contribution is -0.133. The molecule has 0 unspecified atom stereocenters. The summed E-state index contributed by atoms with van der Waals surface area (Å²) in [7, 11) is 1.99. The molecule has 0 saturated carbocycles. The van der Waals surface area contributed by atoms with Crippen molar-refractivity contribution in [3.8, 4) is 0 Å². The predicted octanol–water partition coefficient (Wildman–Crippen LogP) is 0.971. The number of nitrogens with zero attached hydrogens (tertiary/aromatic N) is 8. The minimum atomic E-state index is 0.101. The summed E-state index contributed by atoms with van der Waals surface area (Å²) >= 11 is 0. The number of imidazole rings is 1. The van der Waals surface area contributed by atoms with E-state index in [1.54, 1.807) is 23.4 Å². The third-order valence-electron chi connectivity index (χ3n) is 5.08. The van der Waals surface area contributed by atoms with Gasteiger partial charge in [0.15, 0.2) is 5.82 Å². The van der Waals surface area contributed by atoms with Crippen molar-refractivity contribution in [2.45, 2.75) is 38.8 Å². The second-order valence-corrected chi connectivity index (χ2v) is 7.16. The van der Waals surface area contributed by atoms with Crippen LogP contribution >= 0.6 is 0 Å². The van der Waals surface area contributed by atoms with Gasteiger partial charge in [-0.05, 0) is 25.3 Å². The second kappa shape index (κ2) is 7.34. The van der Waals surface area contributed by atoms with Gasteiger partial charge in [-0.15, -0.1) is 10.2 Å². The highest BCUT2D eigenvalue weighted by molar-refractivity contribution is 5.76. The number of hydrogen-bond donors (Lipinski definition) is 0. The molecule has 1 saturated heterocycles. The summed E-state index contributed by atoms with van der Waals surface area (Å²) in [4.78, 5) is 18.7. The van der Waals surface area contributed by atoms with E-state index in [2.05, 4.69) is 24.8 Å². The smallest absolute Gasteiger partial charge is 0.244 e. The Morgan fingerprint density at radius 1 is 1.33 bits per heavy atom. The van der Waals surface area contributed by atoms with E-state index in [-0.39, 0.29) is 18.4 Å². The maximum Gasteiger partial charge on any atom is 0.244 e. The Morgan fingerprint density at radius 3 is 2.96 bits per heavy atom. The van der Waals surface area contributed by atoms with Gasteiger partial charge in [0.25, 0.3) is 0 Å². The Morgan fingerprint density at radius 2 is 2.22 bits per heavy atom. The van der Waals surface area contributed by atoms with Crippen LogP contribution in [0.3, 0.4) is 0 Å². The van der Waals surface area contributed by atoms with E-state index in [1.807, 2.05) is 35.8 Å². The maximum atomic E-state index is 12.7. The molecule has 4 rings (SSSR count). The van der Waals surface area contributed by atoms with E-state index < -0.39 is 0 Å². The molecule has 0 aromatic carbocycles. The van der Waals surface area contributed by atoms with Crippen molar-refractivity contribution in [3.05, 3.63) is 48.3 Å². The van der Waals surface area contributed by atoms with Crippen LogP contribution in [-0.4, -0.2) is 58.0 Å². The molecule has 0 aliphatic carbocycles. The molecule has 9 heteroatoms. The molecule has 3 aromatic rings. The molecular formula is C18H24N8O. The van der Waals surface area contributed by atoms with E-state index in [9.17, 15) is 4.79 Å². The van der Waals surface area contributed by atoms with Gasteiger partial charge in [-0.25, -0.2) is 4.98 Å². The number of piperidine rings is 1. The minimum Gasteiger partial charge on any atom is -0.340 e. The van der Waals surface area contributed by atoms with Gasteiger partial charge >= 0.3 is 0 Å². The van der Waals surface area contributed by atoms with Crippen molar-refractivity contribution >= 4 is 5.91 Å². The zero-order valence-electron chi connectivity index (χ0n) is 15.7. The van der Waals surface area contributed by atoms with Crippen LogP contribution in [0, 0.1) is 6.92 Å². The van der Waals surface area contributed by atoms with E-state index in [0.717, 1.165) is 36.6 Å². The van der Waals surface area contributed by atoms with Crippen molar-refractivity contribution in [1.82, 2.24) is 39.0 Å². The fraction of sp³-hybridized carbons (Fsp3) is 0.500. The van der Waals surface area contributed by atoms with Crippen LogP contribution in [0.15, 0.2) is 31.1 Å². The summed E-state index contributed by atoms with van der Waals surface area (Å²) in [6, 6.07) is 0. The number of rotatable bonds is 5. The lowest BCUT2D eigenvalue weighted by Gasteiger charge is -2.32. The van der Waals surface area contributed by atoms with Crippen molar-refractivity contribution in [2.24, 2.45) is 7.05 Å². The summed E-state index contributed by atoms with van der Waals surface area (Å²) < 4.78 is 5.72. The van der Waals surface area contributed by atoms with E-state index in [1.165, 1.54) is 0 Å². The molecule has 0 radical (unpaired) electrons. The molecule has 4 heterocycles. The molecule has 1 atom stereocenters. The number of aryl methyl sites for hydroxylation is 1. The third-order valence-corrected chi connectivity index (χ3v) is 5.08. The highest BCUT2D eigenvalue weighted by Crippen LogP contribution is 2.26. The molecule has 0 N–H and O–H groups in total. The van der Waals surface area contributed by atoms with Crippen LogP contribution in [-0.2, 0) is 24.9 Å². The Labute approximate surface area is 157 Å². The molecule has 3 aromatic heterocycles.